The minimum atomic E-state index is 0.278. The number of ether oxygens (including phenoxy) is 1. The molecule has 1 aliphatic carbocycles. The van der Waals surface area contributed by atoms with Gasteiger partial charge in [-0.3, -0.25) is 4.99 Å². The molecule has 0 N–H and O–H groups in total. The van der Waals surface area contributed by atoms with Gasteiger partial charge in [-0.1, -0.05) is 27.2 Å². The van der Waals surface area contributed by atoms with Crippen LogP contribution in [-0.4, -0.2) is 25.6 Å². The second kappa shape index (κ2) is 7.46. The number of hydrogen-bond acceptors (Lipinski definition) is 3. The van der Waals surface area contributed by atoms with Crippen LogP contribution in [0.5, 0.6) is 0 Å². The van der Waals surface area contributed by atoms with Crippen molar-refractivity contribution in [2.24, 2.45) is 21.3 Å². The van der Waals surface area contributed by atoms with E-state index in [2.05, 4.69) is 44.4 Å². The molecule has 3 heteroatoms. The van der Waals surface area contributed by atoms with Crippen LogP contribution in [0.4, 0.5) is 0 Å². The highest BCUT2D eigenvalue weighted by Gasteiger charge is 2.22. The summed E-state index contributed by atoms with van der Waals surface area (Å²) >= 11 is 0. The largest absolute Gasteiger partial charge is 0.478 e. The Morgan fingerprint density at radius 3 is 2.47 bits per heavy atom. The van der Waals surface area contributed by atoms with Gasteiger partial charge in [0.05, 0.1) is 6.61 Å². The topological polar surface area (TPSA) is 34.0 Å². The molecule has 0 heterocycles. The van der Waals surface area contributed by atoms with Gasteiger partial charge in [0.15, 0.2) is 0 Å². The SMILES string of the molecule is C=N/C(=C\C(=N/CC)C1CCC1)OCCC(C)(C)C. The van der Waals surface area contributed by atoms with Crippen LogP contribution in [0.3, 0.4) is 0 Å². The van der Waals surface area contributed by atoms with Gasteiger partial charge >= 0.3 is 0 Å². The van der Waals surface area contributed by atoms with E-state index in [1.807, 2.05) is 6.08 Å². The molecule has 0 amide bonds. The van der Waals surface area contributed by atoms with Crippen LogP contribution in [0.15, 0.2) is 21.9 Å². The Morgan fingerprint density at radius 1 is 1.37 bits per heavy atom. The summed E-state index contributed by atoms with van der Waals surface area (Å²) < 4.78 is 5.71. The standard InChI is InChI=1S/C16H28N2O/c1-6-18-14(13-8-7-9-13)12-15(17-5)19-11-10-16(2,3)4/h12-13H,5-11H2,1-4H3/b15-12+,18-14+. The fourth-order valence-corrected chi connectivity index (χ4v) is 1.90. The molecule has 1 fully saturated rings. The van der Waals surface area contributed by atoms with Crippen molar-refractivity contribution in [3.05, 3.63) is 12.0 Å². The first kappa shape index (κ1) is 15.9. The molecule has 0 atom stereocenters. The van der Waals surface area contributed by atoms with Crippen molar-refractivity contribution in [1.82, 2.24) is 0 Å². The minimum Gasteiger partial charge on any atom is -0.478 e. The molecule has 0 aromatic rings. The second-order valence-corrected chi connectivity index (χ2v) is 6.33. The van der Waals surface area contributed by atoms with Gasteiger partial charge in [-0.2, -0.15) is 0 Å². The van der Waals surface area contributed by atoms with Crippen molar-refractivity contribution < 1.29 is 4.74 Å². The molecule has 0 unspecified atom stereocenters. The first-order valence-corrected chi connectivity index (χ1v) is 7.32. The van der Waals surface area contributed by atoms with Gasteiger partial charge < -0.3 is 4.74 Å². The van der Waals surface area contributed by atoms with E-state index >= 15 is 0 Å². The molecule has 0 saturated heterocycles. The number of aliphatic imine (C=N–C) groups is 2. The zero-order valence-corrected chi connectivity index (χ0v) is 12.9. The Labute approximate surface area is 117 Å². The zero-order valence-electron chi connectivity index (χ0n) is 12.9. The summed E-state index contributed by atoms with van der Waals surface area (Å²) in [6.07, 6.45) is 6.76. The lowest BCUT2D eigenvalue weighted by Crippen LogP contribution is -2.21. The van der Waals surface area contributed by atoms with Crippen LogP contribution in [0.2, 0.25) is 0 Å². The Bertz CT molecular complexity index is 346. The number of nitrogens with zero attached hydrogens (tertiary/aromatic N) is 2. The quantitative estimate of drug-likeness (QED) is 0.500. The molecule has 1 saturated carbocycles. The first-order valence-electron chi connectivity index (χ1n) is 7.32. The van der Waals surface area contributed by atoms with E-state index < -0.39 is 0 Å². The van der Waals surface area contributed by atoms with Gasteiger partial charge in [0.1, 0.15) is 0 Å². The van der Waals surface area contributed by atoms with Crippen LogP contribution in [0, 0.1) is 11.3 Å². The van der Waals surface area contributed by atoms with E-state index in [1.54, 1.807) is 0 Å². The maximum Gasteiger partial charge on any atom is 0.214 e. The monoisotopic (exact) mass is 264 g/mol. The molecular formula is C16H28N2O. The van der Waals surface area contributed by atoms with E-state index in [1.165, 1.54) is 19.3 Å². The average molecular weight is 264 g/mol. The van der Waals surface area contributed by atoms with Crippen molar-refractivity contribution >= 4 is 12.4 Å². The first-order chi connectivity index (χ1) is 8.96. The van der Waals surface area contributed by atoms with Crippen molar-refractivity contribution in [2.75, 3.05) is 13.2 Å². The lowest BCUT2D eigenvalue weighted by molar-refractivity contribution is 0.170. The summed E-state index contributed by atoms with van der Waals surface area (Å²) in [5, 5.41) is 0. The van der Waals surface area contributed by atoms with E-state index in [4.69, 9.17) is 4.74 Å². The number of allylic oxidation sites excluding steroid dienone is 1. The van der Waals surface area contributed by atoms with E-state index in [9.17, 15) is 0 Å². The highest BCUT2D eigenvalue weighted by molar-refractivity contribution is 5.97. The maximum absolute atomic E-state index is 5.71. The van der Waals surface area contributed by atoms with Gasteiger partial charge in [0.2, 0.25) is 5.88 Å². The molecule has 0 aromatic heterocycles. The third kappa shape index (κ3) is 6.04. The molecular weight excluding hydrogens is 236 g/mol. The summed E-state index contributed by atoms with van der Waals surface area (Å²) in [5.74, 6) is 1.21. The smallest absolute Gasteiger partial charge is 0.214 e. The van der Waals surface area contributed by atoms with Gasteiger partial charge in [0, 0.05) is 24.3 Å². The van der Waals surface area contributed by atoms with Crippen molar-refractivity contribution in [2.45, 2.75) is 53.4 Å². The van der Waals surface area contributed by atoms with Gasteiger partial charge in [-0.25, -0.2) is 4.99 Å². The minimum absolute atomic E-state index is 0.278. The average Bonchev–Trinajstić information content (AvgIpc) is 2.23. The molecule has 0 spiro atoms. The summed E-state index contributed by atoms with van der Waals surface area (Å²) in [4.78, 5) is 8.54. The van der Waals surface area contributed by atoms with Crippen LogP contribution in [-0.2, 0) is 4.74 Å². The fraction of sp³-hybridized carbons (Fsp3) is 0.750. The lowest BCUT2D eigenvalue weighted by Gasteiger charge is -2.25. The summed E-state index contributed by atoms with van der Waals surface area (Å²) in [5.41, 5.74) is 1.41. The van der Waals surface area contributed by atoms with E-state index in [-0.39, 0.29) is 5.41 Å². The Morgan fingerprint density at radius 2 is 2.05 bits per heavy atom. The van der Waals surface area contributed by atoms with E-state index in [0.717, 1.165) is 18.7 Å². The Hall–Kier alpha value is -1.12. The van der Waals surface area contributed by atoms with Crippen LogP contribution in [0.25, 0.3) is 0 Å². The van der Waals surface area contributed by atoms with Crippen LogP contribution in [0.1, 0.15) is 53.4 Å². The summed E-state index contributed by atoms with van der Waals surface area (Å²) in [6, 6.07) is 0. The predicted octanol–water partition coefficient (Wildman–Crippen LogP) is 4.24. The van der Waals surface area contributed by atoms with Crippen molar-refractivity contribution in [1.29, 1.82) is 0 Å². The highest BCUT2D eigenvalue weighted by atomic mass is 16.5. The molecule has 0 bridgehead atoms. The maximum atomic E-state index is 5.71. The fourth-order valence-electron chi connectivity index (χ4n) is 1.90. The molecule has 0 radical (unpaired) electrons. The summed E-state index contributed by atoms with van der Waals surface area (Å²) in [7, 11) is 0. The highest BCUT2D eigenvalue weighted by Crippen LogP contribution is 2.29. The number of rotatable bonds is 7. The molecule has 1 aliphatic rings. The van der Waals surface area contributed by atoms with E-state index in [0.29, 0.717) is 18.4 Å². The normalized spacial score (nSPS) is 18.1. The lowest BCUT2D eigenvalue weighted by atomic mass is 9.81. The van der Waals surface area contributed by atoms with Crippen molar-refractivity contribution in [3.8, 4) is 0 Å². The van der Waals surface area contributed by atoms with Gasteiger partial charge in [-0.05, 0) is 38.3 Å². The zero-order chi connectivity index (χ0) is 14.3. The Balaban J connectivity index is 2.57. The molecule has 108 valence electrons. The molecule has 0 aliphatic heterocycles. The third-order valence-electron chi connectivity index (χ3n) is 3.39. The molecule has 0 aromatic carbocycles. The van der Waals surface area contributed by atoms with Gasteiger partial charge in [-0.15, -0.1) is 0 Å². The predicted molar refractivity (Wildman–Crippen MR) is 83.0 cm³/mol. The number of hydrogen-bond donors (Lipinski definition) is 0. The van der Waals surface area contributed by atoms with Crippen LogP contribution >= 0.6 is 0 Å². The van der Waals surface area contributed by atoms with Crippen LogP contribution < -0.4 is 0 Å². The summed E-state index contributed by atoms with van der Waals surface area (Å²) in [6.45, 7) is 13.8. The molecule has 3 nitrogen and oxygen atoms in total. The van der Waals surface area contributed by atoms with Gasteiger partial charge in [0.25, 0.3) is 0 Å². The second-order valence-electron chi connectivity index (χ2n) is 6.33. The van der Waals surface area contributed by atoms with Crippen molar-refractivity contribution in [3.63, 3.8) is 0 Å². The molecule has 1 rings (SSSR count). The molecule has 19 heavy (non-hydrogen) atoms. The Kier molecular flexibility index (Phi) is 6.26. The third-order valence-corrected chi connectivity index (χ3v) is 3.39.